The number of ketones is 1. The fourth-order valence-corrected chi connectivity index (χ4v) is 5.25. The minimum atomic E-state index is -1.05. The monoisotopic (exact) mass is 562 g/mol. The molecule has 0 radical (unpaired) electrons. The highest BCUT2D eigenvalue weighted by molar-refractivity contribution is 7.17. The smallest absolute Gasteiger partial charge is 0.350 e. The van der Waals surface area contributed by atoms with E-state index in [2.05, 4.69) is 11.6 Å². The summed E-state index contributed by atoms with van der Waals surface area (Å²) in [7, 11) is 0. The lowest BCUT2D eigenvalue weighted by Gasteiger charge is -2.24. The molecule has 40 heavy (non-hydrogen) atoms. The molecule has 4 rings (SSSR count). The minimum Gasteiger partial charge on any atom is -0.507 e. The van der Waals surface area contributed by atoms with Gasteiger partial charge in [-0.15, -0.1) is 0 Å². The molecule has 0 spiro atoms. The first-order chi connectivity index (χ1) is 19.3. The van der Waals surface area contributed by atoms with Gasteiger partial charge in [-0.1, -0.05) is 67.3 Å². The summed E-state index contributed by atoms with van der Waals surface area (Å²) in [5.41, 5.74) is 1.11. The number of aliphatic hydroxyl groups excluding tert-OH is 1. The van der Waals surface area contributed by atoms with Gasteiger partial charge in [0.1, 0.15) is 17.2 Å². The highest BCUT2D eigenvalue weighted by atomic mass is 32.1. The zero-order valence-electron chi connectivity index (χ0n) is 22.5. The van der Waals surface area contributed by atoms with Crippen molar-refractivity contribution in [2.24, 2.45) is 0 Å². The third-order valence-electron chi connectivity index (χ3n) is 6.05. The summed E-state index contributed by atoms with van der Waals surface area (Å²) < 4.78 is 16.8. The minimum absolute atomic E-state index is 0.0136. The molecule has 0 bridgehead atoms. The van der Waals surface area contributed by atoms with E-state index in [1.165, 1.54) is 11.0 Å². The molecule has 1 atom stereocenters. The second kappa shape index (κ2) is 12.6. The van der Waals surface area contributed by atoms with Crippen molar-refractivity contribution in [2.75, 3.05) is 24.7 Å². The number of ether oxygens (including phenoxy) is 3. The first-order valence-corrected chi connectivity index (χ1v) is 13.6. The summed E-state index contributed by atoms with van der Waals surface area (Å²) >= 11 is 0.931. The molecule has 0 saturated carbocycles. The Morgan fingerprint density at radius 1 is 1.12 bits per heavy atom. The van der Waals surface area contributed by atoms with Crippen LogP contribution in [0.1, 0.15) is 52.8 Å². The van der Waals surface area contributed by atoms with Gasteiger partial charge in [-0.05, 0) is 38.0 Å². The van der Waals surface area contributed by atoms with Crippen molar-refractivity contribution >= 4 is 39.9 Å². The van der Waals surface area contributed by atoms with Crippen molar-refractivity contribution in [3.63, 3.8) is 0 Å². The normalized spacial score (nSPS) is 16.2. The second-order valence-corrected chi connectivity index (χ2v) is 9.80. The van der Waals surface area contributed by atoms with Crippen LogP contribution in [0.5, 0.6) is 11.5 Å². The van der Waals surface area contributed by atoms with Crippen molar-refractivity contribution in [3.8, 4) is 11.5 Å². The highest BCUT2D eigenvalue weighted by Crippen LogP contribution is 2.45. The molecule has 1 aliphatic rings. The number of amides is 1. The largest absolute Gasteiger partial charge is 0.507 e. The first kappa shape index (κ1) is 28.6. The molecule has 2 aromatic carbocycles. The van der Waals surface area contributed by atoms with Crippen molar-refractivity contribution in [1.82, 2.24) is 4.98 Å². The number of hydrogen-bond acceptors (Lipinski definition) is 9. The van der Waals surface area contributed by atoms with Gasteiger partial charge in [0.15, 0.2) is 16.6 Å². The van der Waals surface area contributed by atoms with Gasteiger partial charge in [0.2, 0.25) is 0 Å². The van der Waals surface area contributed by atoms with Crippen LogP contribution < -0.4 is 14.4 Å². The van der Waals surface area contributed by atoms with Crippen molar-refractivity contribution < 1.29 is 33.7 Å². The lowest BCUT2D eigenvalue weighted by Crippen LogP contribution is -2.29. The van der Waals surface area contributed by atoms with Gasteiger partial charge in [-0.2, -0.15) is 0 Å². The van der Waals surface area contributed by atoms with Crippen LogP contribution in [0.3, 0.4) is 0 Å². The van der Waals surface area contributed by atoms with Gasteiger partial charge in [0, 0.05) is 5.56 Å². The number of benzene rings is 2. The molecule has 2 heterocycles. The molecular weight excluding hydrogens is 532 g/mol. The van der Waals surface area contributed by atoms with E-state index in [0.29, 0.717) is 41.5 Å². The number of hydrogen-bond donors (Lipinski definition) is 1. The van der Waals surface area contributed by atoms with E-state index in [1.54, 1.807) is 55.5 Å². The van der Waals surface area contributed by atoms with E-state index in [1.807, 2.05) is 13.8 Å². The van der Waals surface area contributed by atoms with E-state index < -0.39 is 23.7 Å². The third-order valence-corrected chi connectivity index (χ3v) is 7.18. The molecule has 1 unspecified atom stereocenters. The van der Waals surface area contributed by atoms with Crippen LogP contribution >= 0.6 is 11.3 Å². The summed E-state index contributed by atoms with van der Waals surface area (Å²) in [6, 6.07) is 12.6. The number of aromatic nitrogens is 1. The summed E-state index contributed by atoms with van der Waals surface area (Å²) in [6.45, 7) is 9.84. The number of nitrogens with zero attached hydrogens (tertiary/aromatic N) is 2. The van der Waals surface area contributed by atoms with Crippen molar-refractivity contribution in [3.05, 3.63) is 88.5 Å². The Kier molecular flexibility index (Phi) is 9.00. The first-order valence-electron chi connectivity index (χ1n) is 12.8. The zero-order chi connectivity index (χ0) is 28.8. The fraction of sp³-hybridized carbons (Fsp3) is 0.267. The Hall–Kier alpha value is -4.44. The Morgan fingerprint density at radius 2 is 1.88 bits per heavy atom. The van der Waals surface area contributed by atoms with Crippen LogP contribution in [0.25, 0.3) is 5.76 Å². The third kappa shape index (κ3) is 5.62. The standard InChI is InChI=1S/C30H30N2O7S/c1-5-15-38-21-14-13-20(17-22(21)37-7-3)24-23(25(33)19-11-9-8-10-12-19)26(34)28(35)32(24)30-31-18(4)27(40-30)29(36)39-16-6-2/h6,8-14,17,24,33H,2,5,7,15-16H2,1,3-4H3. The quantitative estimate of drug-likeness (QED) is 0.105. The molecule has 208 valence electrons. The number of Topliss-reactive ketones (excluding diaryl/α,β-unsaturated/α-hetero) is 1. The number of aryl methyl sites for hydroxylation is 1. The van der Waals surface area contributed by atoms with Gasteiger partial charge in [0.05, 0.1) is 30.5 Å². The second-order valence-electron chi connectivity index (χ2n) is 8.82. The lowest BCUT2D eigenvalue weighted by molar-refractivity contribution is -0.132. The number of rotatable bonds is 11. The zero-order valence-corrected chi connectivity index (χ0v) is 23.3. The van der Waals surface area contributed by atoms with Crippen LogP contribution in [0.2, 0.25) is 0 Å². The van der Waals surface area contributed by atoms with Crippen LogP contribution in [0.4, 0.5) is 5.13 Å². The number of carbonyl (C=O) groups is 3. The highest BCUT2D eigenvalue weighted by Gasteiger charge is 2.48. The number of anilines is 1. The predicted octanol–water partition coefficient (Wildman–Crippen LogP) is 5.61. The molecular formula is C30H30N2O7S. The van der Waals surface area contributed by atoms with E-state index in [4.69, 9.17) is 14.2 Å². The number of esters is 1. The van der Waals surface area contributed by atoms with Gasteiger partial charge in [-0.3, -0.25) is 14.5 Å². The SMILES string of the molecule is C=CCOC(=O)c1sc(N2C(=O)C(=O)C(=C(O)c3ccccc3)C2c2ccc(OCCC)c(OCC)c2)nc1C. The molecule has 1 saturated heterocycles. The molecule has 1 aliphatic heterocycles. The molecule has 9 nitrogen and oxygen atoms in total. The number of aliphatic hydroxyl groups is 1. The van der Waals surface area contributed by atoms with Gasteiger partial charge >= 0.3 is 11.9 Å². The van der Waals surface area contributed by atoms with E-state index in [9.17, 15) is 19.5 Å². The maximum absolute atomic E-state index is 13.5. The van der Waals surface area contributed by atoms with Crippen LogP contribution in [0.15, 0.2) is 66.8 Å². The van der Waals surface area contributed by atoms with Crippen LogP contribution in [-0.4, -0.2) is 47.6 Å². The number of carbonyl (C=O) groups excluding carboxylic acids is 3. The summed E-state index contributed by atoms with van der Waals surface area (Å²) in [4.78, 5) is 45.5. The maximum Gasteiger partial charge on any atom is 0.350 e. The van der Waals surface area contributed by atoms with Crippen LogP contribution in [-0.2, 0) is 14.3 Å². The average Bonchev–Trinajstić information content (AvgIpc) is 3.47. The number of thiazole rings is 1. The summed E-state index contributed by atoms with van der Waals surface area (Å²) in [5.74, 6) is -1.75. The summed E-state index contributed by atoms with van der Waals surface area (Å²) in [5, 5.41) is 11.4. The Bertz CT molecular complexity index is 1460. The lowest BCUT2D eigenvalue weighted by atomic mass is 9.95. The van der Waals surface area contributed by atoms with E-state index >= 15 is 0 Å². The predicted molar refractivity (Wildman–Crippen MR) is 152 cm³/mol. The average molecular weight is 563 g/mol. The molecule has 3 aromatic rings. The Labute approximate surface area is 236 Å². The molecule has 1 fully saturated rings. The molecule has 10 heteroatoms. The van der Waals surface area contributed by atoms with E-state index in [0.717, 1.165) is 17.8 Å². The van der Waals surface area contributed by atoms with Gasteiger partial charge in [-0.25, -0.2) is 9.78 Å². The molecule has 1 amide bonds. The summed E-state index contributed by atoms with van der Waals surface area (Å²) in [6.07, 6.45) is 2.24. The van der Waals surface area contributed by atoms with Gasteiger partial charge < -0.3 is 19.3 Å². The topological polar surface area (TPSA) is 115 Å². The fourth-order valence-electron chi connectivity index (χ4n) is 4.27. The maximum atomic E-state index is 13.5. The van der Waals surface area contributed by atoms with Crippen molar-refractivity contribution in [2.45, 2.75) is 33.2 Å². The Balaban J connectivity index is 1.90. The molecule has 1 aromatic heterocycles. The van der Waals surface area contributed by atoms with Crippen molar-refractivity contribution in [1.29, 1.82) is 0 Å². The molecule has 0 aliphatic carbocycles. The Morgan fingerprint density at radius 3 is 2.55 bits per heavy atom. The van der Waals surface area contributed by atoms with E-state index in [-0.39, 0.29) is 27.9 Å². The molecule has 1 N–H and O–H groups in total. The van der Waals surface area contributed by atoms with Gasteiger partial charge in [0.25, 0.3) is 5.78 Å². The van der Waals surface area contributed by atoms with Crippen LogP contribution in [0, 0.1) is 6.92 Å².